The van der Waals surface area contributed by atoms with Gasteiger partial charge in [0.25, 0.3) is 10.1 Å². The van der Waals surface area contributed by atoms with E-state index in [0.717, 1.165) is 0 Å². The molecule has 1 unspecified atom stereocenters. The van der Waals surface area contributed by atoms with E-state index in [4.69, 9.17) is 14.9 Å². The lowest BCUT2D eigenvalue weighted by Gasteiger charge is -2.04. The van der Waals surface area contributed by atoms with Crippen molar-refractivity contribution in [3.05, 3.63) is 0 Å². The monoisotopic (exact) mass is 171 g/mol. The molecule has 0 radical (unpaired) electrons. The predicted octanol–water partition coefficient (Wildman–Crippen LogP) is -1.79. The Morgan fingerprint density at radius 3 is 2.30 bits per heavy atom. The predicted molar refractivity (Wildman–Crippen MR) is 32.2 cm³/mol. The second-order valence-corrected chi connectivity index (χ2v) is 3.26. The largest absolute Gasteiger partial charge is 0.391 e. The third kappa shape index (κ3) is 5.92. The molecule has 0 aliphatic carbocycles. The van der Waals surface area contributed by atoms with Gasteiger partial charge >= 0.3 is 0 Å². The zero-order valence-electron chi connectivity index (χ0n) is 5.06. The highest BCUT2D eigenvalue weighted by atomic mass is 32.2. The summed E-state index contributed by atoms with van der Waals surface area (Å²) in [5, 5.41) is 16.6. The molecule has 4 N–H and O–H groups in total. The molecule has 0 spiro atoms. The maximum atomic E-state index is 10.0. The molecule has 0 amide bonds. The molecular formula is C3H9NO5S. The molecule has 6 nitrogen and oxygen atoms in total. The smallest absolute Gasteiger partial charge is 0.267 e. The van der Waals surface area contributed by atoms with E-state index >= 15 is 0 Å². The van der Waals surface area contributed by atoms with Crippen LogP contribution in [0.1, 0.15) is 0 Å². The Kier molecular flexibility index (Phi) is 3.76. The fraction of sp³-hybridized carbons (Fsp3) is 1.00. The lowest BCUT2D eigenvalue weighted by atomic mass is 10.4. The highest BCUT2D eigenvalue weighted by Gasteiger charge is 2.12. The molecule has 1 atom stereocenters. The van der Waals surface area contributed by atoms with Crippen LogP contribution in [0.4, 0.5) is 0 Å². The van der Waals surface area contributed by atoms with Crippen LogP contribution in [-0.4, -0.2) is 41.7 Å². The van der Waals surface area contributed by atoms with Crippen molar-refractivity contribution in [1.82, 2.24) is 5.48 Å². The number of aliphatic hydroxyl groups is 1. The lowest BCUT2D eigenvalue weighted by Crippen LogP contribution is -2.30. The van der Waals surface area contributed by atoms with Gasteiger partial charge in [0.05, 0.1) is 6.10 Å². The third-order valence-electron chi connectivity index (χ3n) is 0.730. The molecule has 7 heteroatoms. The van der Waals surface area contributed by atoms with Crippen molar-refractivity contribution in [2.45, 2.75) is 6.10 Å². The van der Waals surface area contributed by atoms with Gasteiger partial charge in [0.1, 0.15) is 5.75 Å². The zero-order valence-corrected chi connectivity index (χ0v) is 5.87. The van der Waals surface area contributed by atoms with Gasteiger partial charge in [-0.05, 0) is 0 Å². The van der Waals surface area contributed by atoms with Gasteiger partial charge in [0.15, 0.2) is 0 Å². The molecule has 0 aromatic rings. The fourth-order valence-electron chi connectivity index (χ4n) is 0.407. The molecule has 0 aromatic carbocycles. The first-order chi connectivity index (χ1) is 4.45. The molecule has 10 heavy (non-hydrogen) atoms. The van der Waals surface area contributed by atoms with Crippen LogP contribution in [0.3, 0.4) is 0 Å². The van der Waals surface area contributed by atoms with Gasteiger partial charge in [0, 0.05) is 6.54 Å². The van der Waals surface area contributed by atoms with Crippen molar-refractivity contribution >= 4 is 10.1 Å². The molecule has 0 bridgehead atoms. The second-order valence-electron chi connectivity index (χ2n) is 1.76. The summed E-state index contributed by atoms with van der Waals surface area (Å²) in [6, 6.07) is 0. The van der Waals surface area contributed by atoms with Crippen molar-refractivity contribution in [2.75, 3.05) is 12.3 Å². The Bertz CT molecular complexity index is 175. The van der Waals surface area contributed by atoms with Gasteiger partial charge in [-0.2, -0.15) is 8.42 Å². The van der Waals surface area contributed by atoms with E-state index in [0.29, 0.717) is 0 Å². The molecule has 0 fully saturated rings. The number of hydrogen-bond donors (Lipinski definition) is 4. The lowest BCUT2D eigenvalue weighted by molar-refractivity contribution is 0.102. The maximum Gasteiger partial charge on any atom is 0.267 e. The summed E-state index contributed by atoms with van der Waals surface area (Å²) >= 11 is 0. The highest BCUT2D eigenvalue weighted by Crippen LogP contribution is 1.87. The number of rotatable bonds is 4. The van der Waals surface area contributed by atoms with Crippen LogP contribution in [0, 0.1) is 0 Å². The van der Waals surface area contributed by atoms with Gasteiger partial charge in [-0.25, -0.2) is 5.48 Å². The van der Waals surface area contributed by atoms with Crippen molar-refractivity contribution in [3.8, 4) is 0 Å². The van der Waals surface area contributed by atoms with Gasteiger partial charge < -0.3 is 10.3 Å². The van der Waals surface area contributed by atoms with Crippen LogP contribution in [0.25, 0.3) is 0 Å². The van der Waals surface area contributed by atoms with Crippen molar-refractivity contribution in [3.63, 3.8) is 0 Å². The van der Waals surface area contributed by atoms with Crippen molar-refractivity contribution < 1.29 is 23.3 Å². The van der Waals surface area contributed by atoms with E-state index < -0.39 is 22.0 Å². The number of nitrogens with one attached hydrogen (secondary N) is 1. The Morgan fingerprint density at radius 1 is 1.50 bits per heavy atom. The topological polar surface area (TPSA) is 107 Å². The van der Waals surface area contributed by atoms with Crippen LogP contribution in [0.5, 0.6) is 0 Å². The summed E-state index contributed by atoms with van der Waals surface area (Å²) in [6.45, 7) is -0.292. The van der Waals surface area contributed by atoms with E-state index in [1.807, 2.05) is 0 Å². The SMILES string of the molecule is O=S(=O)(O)CC(O)CNO. The summed E-state index contributed by atoms with van der Waals surface area (Å²) in [6.07, 6.45) is -1.29. The van der Waals surface area contributed by atoms with Crippen LogP contribution >= 0.6 is 0 Å². The first-order valence-electron chi connectivity index (χ1n) is 2.46. The Labute approximate surface area is 58.2 Å². The normalized spacial score (nSPS) is 15.1. The Balaban J connectivity index is 3.69. The zero-order chi connectivity index (χ0) is 8.20. The Morgan fingerprint density at radius 2 is 2.00 bits per heavy atom. The molecule has 0 aliphatic rings. The number of hydrogen-bond acceptors (Lipinski definition) is 5. The summed E-state index contributed by atoms with van der Waals surface area (Å²) < 4.78 is 28.1. The molecule has 0 rings (SSSR count). The first kappa shape index (κ1) is 9.79. The minimum Gasteiger partial charge on any atom is -0.391 e. The van der Waals surface area contributed by atoms with Crippen molar-refractivity contribution in [2.24, 2.45) is 0 Å². The van der Waals surface area contributed by atoms with Gasteiger partial charge in [-0.15, -0.1) is 0 Å². The summed E-state index contributed by atoms with van der Waals surface area (Å²) in [7, 11) is -4.15. The van der Waals surface area contributed by atoms with E-state index in [2.05, 4.69) is 0 Å². The van der Waals surface area contributed by atoms with E-state index in [1.54, 1.807) is 5.48 Å². The van der Waals surface area contributed by atoms with E-state index in [-0.39, 0.29) is 6.54 Å². The standard InChI is InChI=1S/C3H9NO5S/c5-3(1-4-6)2-10(7,8)9/h3-6H,1-2H2,(H,7,8,9). The molecule has 0 aliphatic heterocycles. The van der Waals surface area contributed by atoms with Crippen LogP contribution in [0.2, 0.25) is 0 Å². The molecule has 0 aromatic heterocycles. The second kappa shape index (κ2) is 3.84. The molecular weight excluding hydrogens is 162 g/mol. The van der Waals surface area contributed by atoms with Crippen LogP contribution in [0.15, 0.2) is 0 Å². The molecule has 0 saturated carbocycles. The average molecular weight is 171 g/mol. The highest BCUT2D eigenvalue weighted by molar-refractivity contribution is 7.85. The van der Waals surface area contributed by atoms with Gasteiger partial charge in [0.2, 0.25) is 0 Å². The maximum absolute atomic E-state index is 10.0. The van der Waals surface area contributed by atoms with Crippen LogP contribution in [-0.2, 0) is 10.1 Å². The van der Waals surface area contributed by atoms with Gasteiger partial charge in [-0.1, -0.05) is 0 Å². The summed E-state index contributed by atoms with van der Waals surface area (Å²) in [4.78, 5) is 0. The summed E-state index contributed by atoms with van der Waals surface area (Å²) in [5.74, 6) is -0.777. The third-order valence-corrected chi connectivity index (χ3v) is 1.54. The summed E-state index contributed by atoms with van der Waals surface area (Å²) in [5.41, 5.74) is 1.56. The van der Waals surface area contributed by atoms with E-state index in [9.17, 15) is 8.42 Å². The van der Waals surface area contributed by atoms with Crippen LogP contribution < -0.4 is 5.48 Å². The fourth-order valence-corrected chi connectivity index (χ4v) is 1.01. The number of aliphatic hydroxyl groups excluding tert-OH is 1. The first-order valence-corrected chi connectivity index (χ1v) is 4.07. The minimum atomic E-state index is -4.15. The van der Waals surface area contributed by atoms with Crippen molar-refractivity contribution in [1.29, 1.82) is 0 Å². The Hall–Kier alpha value is -0.210. The van der Waals surface area contributed by atoms with Gasteiger partial charge in [-0.3, -0.25) is 4.55 Å². The number of hydroxylamine groups is 1. The van der Waals surface area contributed by atoms with E-state index in [1.165, 1.54) is 0 Å². The molecule has 0 heterocycles. The average Bonchev–Trinajstić information content (AvgIpc) is 1.59. The minimum absolute atomic E-state index is 0.292. The molecule has 0 saturated heterocycles. The quantitative estimate of drug-likeness (QED) is 0.294. The molecule has 62 valence electrons.